The normalized spacial score (nSPS) is 12.9. The lowest BCUT2D eigenvalue weighted by Crippen LogP contribution is -2.43. The Balaban J connectivity index is 0. The van der Waals surface area contributed by atoms with Gasteiger partial charge >= 0.3 is 0 Å². The summed E-state index contributed by atoms with van der Waals surface area (Å²) in [5, 5.41) is 6.74. The van der Waals surface area contributed by atoms with Crippen molar-refractivity contribution in [2.24, 2.45) is 10.4 Å². The predicted octanol–water partition coefficient (Wildman–Crippen LogP) is 3.74. The van der Waals surface area contributed by atoms with E-state index < -0.39 is 0 Å². The van der Waals surface area contributed by atoms with Crippen molar-refractivity contribution in [3.05, 3.63) is 0 Å². The minimum Gasteiger partial charge on any atom is -0.356 e. The number of hydrogen-bond donors (Lipinski definition) is 2. The first kappa shape index (κ1) is 21.6. The van der Waals surface area contributed by atoms with Gasteiger partial charge < -0.3 is 10.6 Å². The van der Waals surface area contributed by atoms with Gasteiger partial charge in [0.05, 0.1) is 0 Å². The highest BCUT2D eigenvalue weighted by atomic mass is 127. The van der Waals surface area contributed by atoms with Gasteiger partial charge in [0, 0.05) is 24.9 Å². The van der Waals surface area contributed by atoms with Gasteiger partial charge in [0.1, 0.15) is 0 Å². The van der Waals surface area contributed by atoms with Crippen LogP contribution in [0, 0.1) is 5.41 Å². The monoisotopic (exact) mass is 401 g/mol. The fraction of sp³-hybridized carbons (Fsp3) is 0.929. The molecule has 0 spiro atoms. The largest absolute Gasteiger partial charge is 0.356 e. The summed E-state index contributed by atoms with van der Waals surface area (Å²) in [5.74, 6) is 0.908. The summed E-state index contributed by atoms with van der Waals surface area (Å²) in [6, 6.07) is 0. The molecular formula is C14H32IN3S. The molecule has 0 aliphatic heterocycles. The van der Waals surface area contributed by atoms with Crippen molar-refractivity contribution in [2.75, 3.05) is 26.4 Å². The van der Waals surface area contributed by atoms with Crippen LogP contribution < -0.4 is 10.6 Å². The van der Waals surface area contributed by atoms with Gasteiger partial charge in [-0.25, -0.2) is 0 Å². The molecule has 0 atom stereocenters. The van der Waals surface area contributed by atoms with Crippen molar-refractivity contribution in [1.82, 2.24) is 10.6 Å². The molecule has 0 aromatic rings. The molecule has 0 aromatic heterocycles. The summed E-state index contributed by atoms with van der Waals surface area (Å²) in [7, 11) is 1.82. The Morgan fingerprint density at radius 1 is 1.11 bits per heavy atom. The molecule has 0 saturated heterocycles. The lowest BCUT2D eigenvalue weighted by molar-refractivity contribution is 0.365. The van der Waals surface area contributed by atoms with Crippen molar-refractivity contribution >= 4 is 41.7 Å². The summed E-state index contributed by atoms with van der Waals surface area (Å²) < 4.78 is 0.239. The molecule has 0 saturated carbocycles. The van der Waals surface area contributed by atoms with Crippen molar-refractivity contribution in [1.29, 1.82) is 0 Å². The summed E-state index contributed by atoms with van der Waals surface area (Å²) in [4.78, 5) is 4.24. The molecular weight excluding hydrogens is 369 g/mol. The highest BCUT2D eigenvalue weighted by Gasteiger charge is 2.16. The van der Waals surface area contributed by atoms with E-state index in [0.29, 0.717) is 5.41 Å². The summed E-state index contributed by atoms with van der Waals surface area (Å²) in [6.45, 7) is 13.2. The fourth-order valence-corrected chi connectivity index (χ4v) is 1.63. The standard InChI is InChI=1S/C14H31N3S.HI/c1-13(2,3)9-8-10-16-12(15-6)17-11-14(4,5)18-7;/h8-11H2,1-7H3,(H2,15,16,17);1H. The molecule has 0 unspecified atom stereocenters. The Hall–Kier alpha value is 0.350. The van der Waals surface area contributed by atoms with Gasteiger partial charge in [-0.15, -0.1) is 24.0 Å². The van der Waals surface area contributed by atoms with Crippen molar-refractivity contribution in [2.45, 2.75) is 52.2 Å². The number of guanidine groups is 1. The molecule has 116 valence electrons. The highest BCUT2D eigenvalue weighted by Crippen LogP contribution is 2.20. The summed E-state index contributed by atoms with van der Waals surface area (Å²) >= 11 is 1.87. The zero-order valence-corrected chi connectivity index (χ0v) is 16.7. The van der Waals surface area contributed by atoms with E-state index in [4.69, 9.17) is 0 Å². The van der Waals surface area contributed by atoms with Gasteiger partial charge in [-0.3, -0.25) is 4.99 Å². The zero-order valence-electron chi connectivity index (χ0n) is 13.6. The van der Waals surface area contributed by atoms with E-state index in [1.807, 2.05) is 18.8 Å². The number of nitrogens with one attached hydrogen (secondary N) is 2. The van der Waals surface area contributed by atoms with Crippen LogP contribution in [-0.2, 0) is 0 Å². The Bertz CT molecular complexity index is 260. The third kappa shape index (κ3) is 13.1. The molecule has 0 radical (unpaired) electrons. The smallest absolute Gasteiger partial charge is 0.191 e. The molecule has 0 bridgehead atoms. The third-order valence-corrected chi connectivity index (χ3v) is 4.10. The van der Waals surface area contributed by atoms with Crippen LogP contribution >= 0.6 is 35.7 Å². The molecule has 0 aromatic carbocycles. The molecule has 5 heteroatoms. The molecule has 0 rings (SSSR count). The topological polar surface area (TPSA) is 36.4 Å². The van der Waals surface area contributed by atoms with Gasteiger partial charge in [-0.2, -0.15) is 11.8 Å². The first-order valence-corrected chi connectivity index (χ1v) is 7.92. The maximum absolute atomic E-state index is 4.24. The lowest BCUT2D eigenvalue weighted by atomic mass is 9.91. The molecule has 2 N–H and O–H groups in total. The number of rotatable bonds is 6. The fourth-order valence-electron chi connectivity index (χ4n) is 1.41. The molecule has 0 aliphatic carbocycles. The molecule has 3 nitrogen and oxygen atoms in total. The lowest BCUT2D eigenvalue weighted by Gasteiger charge is -2.24. The Morgan fingerprint density at radius 3 is 2.11 bits per heavy atom. The van der Waals surface area contributed by atoms with E-state index in [1.54, 1.807) is 0 Å². The van der Waals surface area contributed by atoms with E-state index in [2.05, 4.69) is 56.5 Å². The van der Waals surface area contributed by atoms with Crippen molar-refractivity contribution in [3.63, 3.8) is 0 Å². The van der Waals surface area contributed by atoms with Gasteiger partial charge in [0.15, 0.2) is 5.96 Å². The van der Waals surface area contributed by atoms with Crippen LogP contribution in [0.4, 0.5) is 0 Å². The molecule has 0 aliphatic rings. The van der Waals surface area contributed by atoms with E-state index in [0.717, 1.165) is 19.0 Å². The maximum atomic E-state index is 4.24. The Morgan fingerprint density at radius 2 is 1.68 bits per heavy atom. The minimum atomic E-state index is 0. The number of aliphatic imine (C=N–C) groups is 1. The van der Waals surface area contributed by atoms with Crippen LogP contribution in [0.1, 0.15) is 47.5 Å². The Kier molecular flexibility index (Phi) is 11.5. The quantitative estimate of drug-likeness (QED) is 0.308. The van der Waals surface area contributed by atoms with Crippen LogP contribution in [0.25, 0.3) is 0 Å². The second kappa shape index (κ2) is 10.1. The van der Waals surface area contributed by atoms with E-state index >= 15 is 0 Å². The number of halogens is 1. The van der Waals surface area contributed by atoms with Crippen LogP contribution in [0.5, 0.6) is 0 Å². The second-order valence-corrected chi connectivity index (χ2v) is 7.99. The third-order valence-electron chi connectivity index (χ3n) is 2.85. The minimum absolute atomic E-state index is 0. The summed E-state index contributed by atoms with van der Waals surface area (Å²) in [5.41, 5.74) is 0.416. The van der Waals surface area contributed by atoms with Crippen LogP contribution in [0.3, 0.4) is 0 Å². The predicted molar refractivity (Wildman–Crippen MR) is 101 cm³/mol. The number of nitrogens with zero attached hydrogens (tertiary/aromatic N) is 1. The van der Waals surface area contributed by atoms with Crippen molar-refractivity contribution < 1.29 is 0 Å². The van der Waals surface area contributed by atoms with Gasteiger partial charge in [0.25, 0.3) is 0 Å². The Labute approximate surface area is 141 Å². The average Bonchev–Trinajstić information content (AvgIpc) is 2.27. The SMILES string of the molecule is CN=C(NCCCC(C)(C)C)NCC(C)(C)SC.I. The zero-order chi connectivity index (χ0) is 14.2. The van der Waals surface area contributed by atoms with E-state index in [9.17, 15) is 0 Å². The average molecular weight is 401 g/mol. The van der Waals surface area contributed by atoms with E-state index in [-0.39, 0.29) is 28.7 Å². The van der Waals surface area contributed by atoms with Crippen LogP contribution in [0.15, 0.2) is 4.99 Å². The molecule has 19 heavy (non-hydrogen) atoms. The molecule has 0 amide bonds. The van der Waals surface area contributed by atoms with Crippen LogP contribution in [0.2, 0.25) is 0 Å². The summed E-state index contributed by atoms with van der Waals surface area (Å²) in [6.07, 6.45) is 4.55. The van der Waals surface area contributed by atoms with E-state index in [1.165, 1.54) is 12.8 Å². The number of hydrogen-bond acceptors (Lipinski definition) is 2. The van der Waals surface area contributed by atoms with Gasteiger partial charge in [-0.05, 0) is 38.4 Å². The highest BCUT2D eigenvalue weighted by molar-refractivity contribution is 14.0. The first-order chi connectivity index (χ1) is 8.20. The number of thioether (sulfide) groups is 1. The molecule has 0 heterocycles. The molecule has 0 fully saturated rings. The first-order valence-electron chi connectivity index (χ1n) is 6.70. The second-order valence-electron chi connectivity index (χ2n) is 6.48. The van der Waals surface area contributed by atoms with Gasteiger partial charge in [0.2, 0.25) is 0 Å². The van der Waals surface area contributed by atoms with Crippen LogP contribution in [-0.4, -0.2) is 37.1 Å². The van der Waals surface area contributed by atoms with Gasteiger partial charge in [-0.1, -0.05) is 20.8 Å². The maximum Gasteiger partial charge on any atom is 0.191 e. The van der Waals surface area contributed by atoms with Crippen molar-refractivity contribution in [3.8, 4) is 0 Å².